The number of carbonyl (C=O) groups is 3. The molecule has 2 fully saturated rings. The molecule has 0 saturated carbocycles. The summed E-state index contributed by atoms with van der Waals surface area (Å²) in [4.78, 5) is 36.0. The van der Waals surface area contributed by atoms with E-state index in [1.165, 1.54) is 0 Å². The van der Waals surface area contributed by atoms with Crippen LogP contribution in [-0.2, 0) is 23.9 Å². The molecule has 2 rings (SSSR count). The van der Waals surface area contributed by atoms with Gasteiger partial charge in [-0.2, -0.15) is 0 Å². The second-order valence-electron chi connectivity index (χ2n) is 5.11. The number of ketones is 1. The molecule has 0 aromatic rings. The average Bonchev–Trinajstić information content (AvgIpc) is 2.77. The number of aliphatic hydroxyl groups excluding tert-OH is 1. The third-order valence-electron chi connectivity index (χ3n) is 3.13. The Kier molecular flexibility index (Phi) is 3.71. The maximum atomic E-state index is 12.0. The fraction of sp³-hybridized carbons (Fsp3) is 0.750. The largest absolute Gasteiger partial charge is 0.389 e. The van der Waals surface area contributed by atoms with E-state index >= 15 is 0 Å². The maximum Gasteiger partial charge on any atom is 0.261 e. The first kappa shape index (κ1) is 14.1. The van der Waals surface area contributed by atoms with Gasteiger partial charge < -0.3 is 14.6 Å². The second-order valence-corrected chi connectivity index (χ2v) is 5.11. The fourth-order valence-electron chi connectivity index (χ4n) is 2.27. The van der Waals surface area contributed by atoms with Gasteiger partial charge in [-0.1, -0.05) is 0 Å². The van der Waals surface area contributed by atoms with Crippen LogP contribution in [0.15, 0.2) is 0 Å². The van der Waals surface area contributed by atoms with Gasteiger partial charge in [-0.3, -0.25) is 19.3 Å². The molecule has 0 spiro atoms. The summed E-state index contributed by atoms with van der Waals surface area (Å²) in [6, 6.07) is 0. The van der Waals surface area contributed by atoms with Crippen LogP contribution in [0.4, 0.5) is 0 Å². The van der Waals surface area contributed by atoms with E-state index in [2.05, 4.69) is 0 Å². The predicted molar refractivity (Wildman–Crippen MR) is 61.9 cm³/mol. The van der Waals surface area contributed by atoms with Crippen molar-refractivity contribution in [1.82, 2.24) is 4.90 Å². The molecule has 7 heteroatoms. The number of rotatable bonds is 5. The van der Waals surface area contributed by atoms with Gasteiger partial charge in [0.05, 0.1) is 0 Å². The maximum absolute atomic E-state index is 12.0. The molecular weight excluding hydrogens is 254 g/mol. The summed E-state index contributed by atoms with van der Waals surface area (Å²) in [6.45, 7) is 2.92. The zero-order valence-electron chi connectivity index (χ0n) is 10.9. The Hall–Kier alpha value is -1.31. The summed E-state index contributed by atoms with van der Waals surface area (Å²) in [7, 11) is 0. The van der Waals surface area contributed by atoms with E-state index in [-0.39, 0.29) is 18.7 Å². The topological polar surface area (TPSA) is 93.1 Å². The zero-order valence-corrected chi connectivity index (χ0v) is 10.9. The van der Waals surface area contributed by atoms with E-state index < -0.39 is 36.4 Å². The molecule has 0 unspecified atom stereocenters. The molecule has 2 aliphatic heterocycles. The van der Waals surface area contributed by atoms with Crippen LogP contribution in [0.5, 0.6) is 0 Å². The molecule has 106 valence electrons. The molecule has 2 aliphatic rings. The Morgan fingerprint density at radius 1 is 1.26 bits per heavy atom. The van der Waals surface area contributed by atoms with E-state index in [1.54, 1.807) is 13.8 Å². The molecule has 2 amide bonds. The van der Waals surface area contributed by atoms with Crippen LogP contribution in [0, 0.1) is 0 Å². The highest BCUT2D eigenvalue weighted by atomic mass is 16.8. The van der Waals surface area contributed by atoms with Crippen LogP contribution in [0.3, 0.4) is 0 Å². The number of amides is 2. The van der Waals surface area contributed by atoms with Crippen molar-refractivity contribution in [3.8, 4) is 0 Å². The number of hydrogen-bond acceptors (Lipinski definition) is 6. The fourth-order valence-corrected chi connectivity index (χ4v) is 2.27. The van der Waals surface area contributed by atoms with Gasteiger partial charge >= 0.3 is 0 Å². The summed E-state index contributed by atoms with van der Waals surface area (Å²) >= 11 is 0. The molecule has 7 nitrogen and oxygen atoms in total. The quantitative estimate of drug-likeness (QED) is 0.659. The predicted octanol–water partition coefficient (Wildman–Crippen LogP) is -0.783. The molecule has 0 aliphatic carbocycles. The molecule has 0 aromatic heterocycles. The highest BCUT2D eigenvalue weighted by Gasteiger charge is 2.57. The number of fused-ring (bicyclic) bond motifs is 1. The van der Waals surface area contributed by atoms with Crippen molar-refractivity contribution in [2.45, 2.75) is 44.7 Å². The molecule has 1 N–H and O–H groups in total. The lowest BCUT2D eigenvalue weighted by molar-refractivity contribution is -0.175. The van der Waals surface area contributed by atoms with Gasteiger partial charge in [0.15, 0.2) is 23.8 Å². The molecule has 2 saturated heterocycles. The molecule has 0 bridgehead atoms. The van der Waals surface area contributed by atoms with Crippen molar-refractivity contribution in [2.75, 3.05) is 13.2 Å². The Morgan fingerprint density at radius 2 is 1.79 bits per heavy atom. The standard InChI is InChI=1S/C12H17NO6/c1-12(2)18-8-9(19-12)11(17)13(10(8)16)5-3-4-7(15)6-14/h8-9,14H,3-6H2,1-2H3/t8-,9+. The first-order valence-electron chi connectivity index (χ1n) is 6.19. The first-order valence-corrected chi connectivity index (χ1v) is 6.19. The van der Waals surface area contributed by atoms with Gasteiger partial charge in [-0.15, -0.1) is 0 Å². The molecule has 0 aromatic carbocycles. The number of Topliss-reactive ketones (excluding diaryl/α,β-unsaturated/α-hetero) is 1. The van der Waals surface area contributed by atoms with E-state index in [9.17, 15) is 14.4 Å². The van der Waals surface area contributed by atoms with E-state index in [4.69, 9.17) is 14.6 Å². The molecule has 0 radical (unpaired) electrons. The highest BCUT2D eigenvalue weighted by Crippen LogP contribution is 2.34. The van der Waals surface area contributed by atoms with Crippen molar-refractivity contribution < 1.29 is 29.0 Å². The number of ether oxygens (including phenoxy) is 2. The van der Waals surface area contributed by atoms with E-state index in [0.29, 0.717) is 6.42 Å². The Bertz CT molecular complexity index is 392. The van der Waals surface area contributed by atoms with Crippen LogP contribution >= 0.6 is 0 Å². The minimum atomic E-state index is -0.931. The van der Waals surface area contributed by atoms with Crippen LogP contribution in [0.2, 0.25) is 0 Å². The van der Waals surface area contributed by atoms with Crippen LogP contribution in [-0.4, -0.2) is 58.8 Å². The summed E-state index contributed by atoms with van der Waals surface area (Å²) < 4.78 is 10.8. The van der Waals surface area contributed by atoms with Crippen molar-refractivity contribution in [2.24, 2.45) is 0 Å². The molecule has 2 heterocycles. The smallest absolute Gasteiger partial charge is 0.261 e. The van der Waals surface area contributed by atoms with Crippen molar-refractivity contribution in [3.05, 3.63) is 0 Å². The summed E-state index contributed by atoms with van der Waals surface area (Å²) in [5.41, 5.74) is 0. The SMILES string of the molecule is CC1(C)O[C@@H]2C(=O)N(CCCC(=O)CO)C(=O)[C@@H]2O1. The highest BCUT2D eigenvalue weighted by molar-refractivity contribution is 6.08. The van der Waals surface area contributed by atoms with Crippen molar-refractivity contribution >= 4 is 17.6 Å². The number of hydrogen-bond donors (Lipinski definition) is 1. The molecule has 19 heavy (non-hydrogen) atoms. The number of likely N-dealkylation sites (tertiary alicyclic amines) is 1. The normalized spacial score (nSPS) is 28.9. The second kappa shape index (κ2) is 4.99. The summed E-state index contributed by atoms with van der Waals surface area (Å²) in [5, 5.41) is 8.58. The van der Waals surface area contributed by atoms with Gasteiger partial charge in [-0.25, -0.2) is 0 Å². The molecular formula is C12H17NO6. The van der Waals surface area contributed by atoms with Crippen LogP contribution < -0.4 is 0 Å². The summed E-state index contributed by atoms with van der Waals surface area (Å²) in [5.74, 6) is -2.08. The lowest BCUT2D eigenvalue weighted by atomic mass is 10.2. The molecule has 2 atom stereocenters. The van der Waals surface area contributed by atoms with Crippen LogP contribution in [0.25, 0.3) is 0 Å². The van der Waals surface area contributed by atoms with Gasteiger partial charge in [0, 0.05) is 13.0 Å². The van der Waals surface area contributed by atoms with E-state index in [1.807, 2.05) is 0 Å². The first-order chi connectivity index (χ1) is 8.85. The van der Waals surface area contributed by atoms with Gasteiger partial charge in [0.25, 0.3) is 11.8 Å². The van der Waals surface area contributed by atoms with Gasteiger partial charge in [0.1, 0.15) is 6.61 Å². The van der Waals surface area contributed by atoms with Crippen molar-refractivity contribution in [1.29, 1.82) is 0 Å². The van der Waals surface area contributed by atoms with Gasteiger partial charge in [0.2, 0.25) is 0 Å². The lowest BCUT2D eigenvalue weighted by Crippen LogP contribution is -2.38. The minimum Gasteiger partial charge on any atom is -0.389 e. The minimum absolute atomic E-state index is 0.135. The van der Waals surface area contributed by atoms with Gasteiger partial charge in [-0.05, 0) is 20.3 Å². The number of aliphatic hydroxyl groups is 1. The lowest BCUT2D eigenvalue weighted by Gasteiger charge is -2.21. The third-order valence-corrected chi connectivity index (χ3v) is 3.13. The zero-order chi connectivity index (χ0) is 14.2. The Balaban J connectivity index is 1.93. The number of carbonyl (C=O) groups excluding carboxylic acids is 3. The monoisotopic (exact) mass is 271 g/mol. The third kappa shape index (κ3) is 2.68. The average molecular weight is 271 g/mol. The van der Waals surface area contributed by atoms with Crippen LogP contribution in [0.1, 0.15) is 26.7 Å². The van der Waals surface area contributed by atoms with Crippen molar-refractivity contribution in [3.63, 3.8) is 0 Å². The van der Waals surface area contributed by atoms with E-state index in [0.717, 1.165) is 4.90 Å². The Labute approximate surface area is 110 Å². The Morgan fingerprint density at radius 3 is 2.26 bits per heavy atom. The number of imide groups is 1. The number of nitrogens with zero attached hydrogens (tertiary/aromatic N) is 1. The summed E-state index contributed by atoms with van der Waals surface area (Å²) in [6.07, 6.45) is -1.29.